The number of hydrogen-bond donors (Lipinski definition) is 3. The maximum atomic E-state index is 12.1. The molecule has 0 bridgehead atoms. The van der Waals surface area contributed by atoms with Crippen LogP contribution in [0.1, 0.15) is 44.0 Å². The van der Waals surface area contributed by atoms with Crippen LogP contribution in [0, 0.1) is 0 Å². The van der Waals surface area contributed by atoms with E-state index < -0.39 is 0 Å². The van der Waals surface area contributed by atoms with Gasteiger partial charge >= 0.3 is 0 Å². The number of amides is 2. The van der Waals surface area contributed by atoms with Crippen LogP contribution >= 0.6 is 0 Å². The zero-order valence-electron chi connectivity index (χ0n) is 12.8. The summed E-state index contributed by atoms with van der Waals surface area (Å²) in [6.07, 6.45) is 2.07. The number of rotatable bonds is 5. The van der Waals surface area contributed by atoms with Crippen molar-refractivity contribution in [1.82, 2.24) is 10.6 Å². The van der Waals surface area contributed by atoms with E-state index in [0.29, 0.717) is 17.3 Å². The van der Waals surface area contributed by atoms with Gasteiger partial charge in [0.25, 0.3) is 5.91 Å². The Balaban J connectivity index is 1.98. The van der Waals surface area contributed by atoms with Crippen molar-refractivity contribution in [2.24, 2.45) is 0 Å². The average Bonchev–Trinajstić information content (AvgIpc) is 3.20. The first-order valence-electron chi connectivity index (χ1n) is 7.30. The largest absolute Gasteiger partial charge is 0.349 e. The lowest BCUT2D eigenvalue weighted by molar-refractivity contribution is -0.115. The molecule has 0 spiro atoms. The summed E-state index contributed by atoms with van der Waals surface area (Å²) in [7, 11) is 0. The molecule has 1 aliphatic carbocycles. The molecule has 0 radical (unpaired) electrons. The summed E-state index contributed by atoms with van der Waals surface area (Å²) in [6.45, 7) is 6.20. The van der Waals surface area contributed by atoms with E-state index in [-0.39, 0.29) is 23.9 Å². The minimum atomic E-state index is -0.156. The van der Waals surface area contributed by atoms with Gasteiger partial charge < -0.3 is 16.0 Å². The molecule has 1 saturated carbocycles. The predicted molar refractivity (Wildman–Crippen MR) is 83.3 cm³/mol. The number of hydrogen-bond acceptors (Lipinski definition) is 3. The molecule has 0 atom stereocenters. The molecule has 0 saturated heterocycles. The Bertz CT molecular complexity index is 531. The Morgan fingerprint density at radius 1 is 1.19 bits per heavy atom. The normalized spacial score (nSPS) is 14.6. The Hall–Kier alpha value is -1.88. The fraction of sp³-hybridized carbons (Fsp3) is 0.500. The number of para-hydroxylation sites is 1. The minimum absolute atomic E-state index is 0.125. The minimum Gasteiger partial charge on any atom is -0.349 e. The van der Waals surface area contributed by atoms with Crippen molar-refractivity contribution < 1.29 is 9.59 Å². The molecule has 5 nitrogen and oxygen atoms in total. The molecule has 0 aromatic heterocycles. The monoisotopic (exact) mass is 289 g/mol. The topological polar surface area (TPSA) is 70.2 Å². The van der Waals surface area contributed by atoms with E-state index in [1.54, 1.807) is 24.3 Å². The Morgan fingerprint density at radius 2 is 1.86 bits per heavy atom. The van der Waals surface area contributed by atoms with Crippen LogP contribution in [0.15, 0.2) is 24.3 Å². The lowest BCUT2D eigenvalue weighted by Crippen LogP contribution is -2.41. The van der Waals surface area contributed by atoms with Crippen molar-refractivity contribution in [3.8, 4) is 0 Å². The molecule has 2 rings (SSSR count). The van der Waals surface area contributed by atoms with Crippen LogP contribution in [0.2, 0.25) is 0 Å². The van der Waals surface area contributed by atoms with Crippen LogP contribution in [0.4, 0.5) is 5.69 Å². The lowest BCUT2D eigenvalue weighted by Gasteiger charge is -2.20. The summed E-state index contributed by atoms with van der Waals surface area (Å²) in [6, 6.07) is 7.37. The Kier molecular flexibility index (Phi) is 4.63. The number of anilines is 1. The highest BCUT2D eigenvalue weighted by Gasteiger charge is 2.25. The fourth-order valence-electron chi connectivity index (χ4n) is 1.82. The van der Waals surface area contributed by atoms with E-state index in [0.717, 1.165) is 12.8 Å². The fourth-order valence-corrected chi connectivity index (χ4v) is 1.82. The molecule has 0 aliphatic heterocycles. The lowest BCUT2D eigenvalue weighted by atomic mass is 10.1. The first-order chi connectivity index (χ1) is 9.85. The summed E-state index contributed by atoms with van der Waals surface area (Å²) >= 11 is 0. The molecule has 2 amide bonds. The molecule has 1 aromatic carbocycles. The maximum Gasteiger partial charge on any atom is 0.253 e. The molecule has 1 aliphatic rings. The summed E-state index contributed by atoms with van der Waals surface area (Å²) < 4.78 is 0. The molecule has 0 heterocycles. The predicted octanol–water partition coefficient (Wildman–Crippen LogP) is 1.91. The first-order valence-corrected chi connectivity index (χ1v) is 7.30. The van der Waals surface area contributed by atoms with Gasteiger partial charge in [-0.3, -0.25) is 9.59 Å². The van der Waals surface area contributed by atoms with Crippen molar-refractivity contribution in [2.45, 2.75) is 45.2 Å². The van der Waals surface area contributed by atoms with Gasteiger partial charge in [-0.15, -0.1) is 0 Å². The van der Waals surface area contributed by atoms with Crippen LogP contribution in [0.25, 0.3) is 0 Å². The van der Waals surface area contributed by atoms with Crippen LogP contribution in [0.3, 0.4) is 0 Å². The van der Waals surface area contributed by atoms with Crippen LogP contribution in [0.5, 0.6) is 0 Å². The molecule has 114 valence electrons. The van der Waals surface area contributed by atoms with Gasteiger partial charge in [0.1, 0.15) is 0 Å². The second kappa shape index (κ2) is 6.26. The molecule has 1 aromatic rings. The first kappa shape index (κ1) is 15.5. The molecular weight excluding hydrogens is 266 g/mol. The third kappa shape index (κ3) is 5.19. The maximum absolute atomic E-state index is 12.1. The summed E-state index contributed by atoms with van der Waals surface area (Å²) in [5.41, 5.74) is 0.935. The molecule has 1 fully saturated rings. The third-order valence-electron chi connectivity index (χ3n) is 3.14. The summed E-state index contributed by atoms with van der Waals surface area (Å²) in [4.78, 5) is 24.1. The molecule has 21 heavy (non-hydrogen) atoms. The number of carbonyl (C=O) groups is 2. The highest BCUT2D eigenvalue weighted by atomic mass is 16.2. The zero-order valence-corrected chi connectivity index (χ0v) is 12.8. The van der Waals surface area contributed by atoms with Crippen molar-refractivity contribution >= 4 is 17.5 Å². The average molecular weight is 289 g/mol. The number of carbonyl (C=O) groups excluding carboxylic acids is 2. The summed E-state index contributed by atoms with van der Waals surface area (Å²) in [5, 5.41) is 8.85. The standard InChI is InChI=1S/C16H23N3O2/c1-16(2,3)17-10-14(20)19-13-7-5-4-6-12(13)15(21)18-11-8-9-11/h4-7,11,17H,8-10H2,1-3H3,(H,18,21)(H,19,20). The quantitative estimate of drug-likeness (QED) is 0.775. The van der Waals surface area contributed by atoms with Gasteiger partial charge in [0.15, 0.2) is 0 Å². The van der Waals surface area contributed by atoms with E-state index in [2.05, 4.69) is 16.0 Å². The van der Waals surface area contributed by atoms with E-state index in [1.807, 2.05) is 20.8 Å². The van der Waals surface area contributed by atoms with Gasteiger partial charge in [0.05, 0.1) is 17.8 Å². The van der Waals surface area contributed by atoms with Crippen molar-refractivity contribution in [1.29, 1.82) is 0 Å². The van der Waals surface area contributed by atoms with Crippen LogP contribution in [-0.2, 0) is 4.79 Å². The van der Waals surface area contributed by atoms with E-state index in [1.165, 1.54) is 0 Å². The van der Waals surface area contributed by atoms with Gasteiger partial charge in [-0.05, 0) is 45.7 Å². The molecule has 3 N–H and O–H groups in total. The van der Waals surface area contributed by atoms with E-state index >= 15 is 0 Å². The molecule has 5 heteroatoms. The van der Waals surface area contributed by atoms with Crippen molar-refractivity contribution in [3.05, 3.63) is 29.8 Å². The number of benzene rings is 1. The van der Waals surface area contributed by atoms with Crippen LogP contribution in [-0.4, -0.2) is 29.9 Å². The van der Waals surface area contributed by atoms with E-state index in [9.17, 15) is 9.59 Å². The van der Waals surface area contributed by atoms with Gasteiger partial charge in [-0.25, -0.2) is 0 Å². The van der Waals surface area contributed by atoms with Gasteiger partial charge in [0, 0.05) is 11.6 Å². The van der Waals surface area contributed by atoms with Crippen LogP contribution < -0.4 is 16.0 Å². The van der Waals surface area contributed by atoms with Gasteiger partial charge in [-0.2, -0.15) is 0 Å². The second-order valence-electron chi connectivity index (χ2n) is 6.45. The number of nitrogens with one attached hydrogen (secondary N) is 3. The third-order valence-corrected chi connectivity index (χ3v) is 3.14. The molecular formula is C16H23N3O2. The van der Waals surface area contributed by atoms with Crippen molar-refractivity contribution in [3.63, 3.8) is 0 Å². The zero-order chi connectivity index (χ0) is 15.5. The molecule has 0 unspecified atom stereocenters. The smallest absolute Gasteiger partial charge is 0.253 e. The van der Waals surface area contributed by atoms with E-state index in [4.69, 9.17) is 0 Å². The van der Waals surface area contributed by atoms with Gasteiger partial charge in [0.2, 0.25) is 5.91 Å². The second-order valence-corrected chi connectivity index (χ2v) is 6.45. The van der Waals surface area contributed by atoms with Crippen molar-refractivity contribution in [2.75, 3.05) is 11.9 Å². The SMILES string of the molecule is CC(C)(C)NCC(=O)Nc1ccccc1C(=O)NC1CC1. The summed E-state index contributed by atoms with van der Waals surface area (Å²) in [5.74, 6) is -0.284. The Morgan fingerprint density at radius 3 is 2.48 bits per heavy atom. The Labute approximate surface area is 125 Å². The van der Waals surface area contributed by atoms with Gasteiger partial charge in [-0.1, -0.05) is 12.1 Å². The highest BCUT2D eigenvalue weighted by Crippen LogP contribution is 2.21. The highest BCUT2D eigenvalue weighted by molar-refractivity contribution is 6.04.